The van der Waals surface area contributed by atoms with E-state index in [1.54, 1.807) is 0 Å². The summed E-state index contributed by atoms with van der Waals surface area (Å²) in [6.45, 7) is 3.96. The van der Waals surface area contributed by atoms with Crippen molar-refractivity contribution in [3.8, 4) is 0 Å². The molecular formula is C17H19F2N. The van der Waals surface area contributed by atoms with Gasteiger partial charge in [0.15, 0.2) is 0 Å². The summed E-state index contributed by atoms with van der Waals surface area (Å²) in [4.78, 5) is 0. The van der Waals surface area contributed by atoms with Crippen LogP contribution in [0, 0.1) is 11.6 Å². The van der Waals surface area contributed by atoms with Crippen LogP contribution in [0.15, 0.2) is 42.5 Å². The first kappa shape index (κ1) is 14.7. The monoisotopic (exact) mass is 275 g/mol. The maximum atomic E-state index is 13.2. The number of hydrogen-bond acceptors (Lipinski definition) is 1. The highest BCUT2D eigenvalue weighted by Gasteiger charge is 2.22. The summed E-state index contributed by atoms with van der Waals surface area (Å²) in [6, 6.07) is 11.6. The lowest BCUT2D eigenvalue weighted by atomic mass is 9.86. The number of benzene rings is 2. The molecule has 2 aromatic carbocycles. The van der Waals surface area contributed by atoms with Gasteiger partial charge in [-0.1, -0.05) is 31.2 Å². The number of aryl methyl sites for hydroxylation is 1. The Bertz CT molecular complexity index is 568. The molecule has 106 valence electrons. The van der Waals surface area contributed by atoms with Crippen LogP contribution in [-0.4, -0.2) is 0 Å². The summed E-state index contributed by atoms with van der Waals surface area (Å²) in [5.74, 6) is -1.14. The third-order valence-corrected chi connectivity index (χ3v) is 3.52. The Kier molecular flexibility index (Phi) is 4.19. The maximum Gasteiger partial charge on any atom is 0.126 e. The van der Waals surface area contributed by atoms with Gasteiger partial charge >= 0.3 is 0 Å². The van der Waals surface area contributed by atoms with E-state index in [1.807, 2.05) is 31.2 Å². The summed E-state index contributed by atoms with van der Waals surface area (Å²) < 4.78 is 26.4. The van der Waals surface area contributed by atoms with E-state index in [1.165, 1.54) is 17.7 Å². The molecule has 0 aromatic heterocycles. The van der Waals surface area contributed by atoms with Gasteiger partial charge in [-0.05, 0) is 48.6 Å². The van der Waals surface area contributed by atoms with Crippen LogP contribution in [0.4, 0.5) is 8.78 Å². The van der Waals surface area contributed by atoms with Gasteiger partial charge in [-0.2, -0.15) is 0 Å². The van der Waals surface area contributed by atoms with Gasteiger partial charge in [0.2, 0.25) is 0 Å². The molecule has 0 bridgehead atoms. The molecule has 0 saturated heterocycles. The van der Waals surface area contributed by atoms with Crippen LogP contribution in [0.5, 0.6) is 0 Å². The van der Waals surface area contributed by atoms with Crippen molar-refractivity contribution in [3.63, 3.8) is 0 Å². The average Bonchev–Trinajstić information content (AvgIpc) is 2.37. The van der Waals surface area contributed by atoms with Gasteiger partial charge in [0.05, 0.1) is 0 Å². The third-order valence-electron chi connectivity index (χ3n) is 3.52. The molecule has 1 atom stereocenters. The summed E-state index contributed by atoms with van der Waals surface area (Å²) in [5, 5.41) is 0. The first-order valence-corrected chi connectivity index (χ1v) is 6.74. The Morgan fingerprint density at radius 3 is 2.00 bits per heavy atom. The fourth-order valence-corrected chi connectivity index (χ4v) is 2.36. The highest BCUT2D eigenvalue weighted by molar-refractivity contribution is 5.30. The smallest absolute Gasteiger partial charge is 0.126 e. The normalized spacial score (nSPS) is 14.1. The lowest BCUT2D eigenvalue weighted by Crippen LogP contribution is -2.35. The van der Waals surface area contributed by atoms with Crippen molar-refractivity contribution >= 4 is 0 Å². The molecule has 0 aliphatic rings. The molecule has 20 heavy (non-hydrogen) atoms. The maximum absolute atomic E-state index is 13.2. The molecule has 1 nitrogen and oxygen atoms in total. The minimum atomic E-state index is -0.660. The largest absolute Gasteiger partial charge is 0.321 e. The predicted molar refractivity (Wildman–Crippen MR) is 77.4 cm³/mol. The van der Waals surface area contributed by atoms with Gasteiger partial charge < -0.3 is 5.73 Å². The van der Waals surface area contributed by atoms with Crippen molar-refractivity contribution in [1.29, 1.82) is 0 Å². The number of halogens is 2. The second-order valence-electron chi connectivity index (χ2n) is 5.42. The van der Waals surface area contributed by atoms with E-state index in [9.17, 15) is 8.78 Å². The minimum Gasteiger partial charge on any atom is -0.321 e. The number of nitrogens with two attached hydrogens (primary N) is 1. The quantitative estimate of drug-likeness (QED) is 0.898. The Balaban J connectivity index is 2.24. The van der Waals surface area contributed by atoms with Gasteiger partial charge in [-0.15, -0.1) is 0 Å². The Labute approximate surface area is 118 Å². The third kappa shape index (κ3) is 3.42. The van der Waals surface area contributed by atoms with Crippen molar-refractivity contribution in [2.75, 3.05) is 0 Å². The minimum absolute atomic E-state index is 0.382. The highest BCUT2D eigenvalue weighted by atomic mass is 19.1. The van der Waals surface area contributed by atoms with E-state index < -0.39 is 17.2 Å². The van der Waals surface area contributed by atoms with Crippen LogP contribution in [-0.2, 0) is 18.4 Å². The average molecular weight is 275 g/mol. The Hall–Kier alpha value is -1.74. The molecule has 0 aliphatic heterocycles. The van der Waals surface area contributed by atoms with Crippen LogP contribution in [0.1, 0.15) is 30.5 Å². The molecule has 0 radical (unpaired) electrons. The molecule has 0 heterocycles. The van der Waals surface area contributed by atoms with Gasteiger partial charge in [0, 0.05) is 11.6 Å². The molecule has 0 fully saturated rings. The van der Waals surface area contributed by atoms with E-state index in [0.29, 0.717) is 12.0 Å². The second-order valence-corrected chi connectivity index (χ2v) is 5.42. The molecule has 3 heteroatoms. The van der Waals surface area contributed by atoms with Gasteiger partial charge in [-0.3, -0.25) is 0 Å². The lowest BCUT2D eigenvalue weighted by molar-refractivity contribution is 0.486. The summed E-state index contributed by atoms with van der Waals surface area (Å²) in [6.07, 6.45) is 1.35. The molecule has 2 rings (SSSR count). The zero-order valence-electron chi connectivity index (χ0n) is 11.8. The van der Waals surface area contributed by atoms with Crippen molar-refractivity contribution in [3.05, 3.63) is 70.8 Å². The van der Waals surface area contributed by atoms with Crippen molar-refractivity contribution in [1.82, 2.24) is 0 Å². The SMILES string of the molecule is CCc1ccc(C(C)(N)Cc2cc(F)cc(F)c2)cc1. The molecule has 0 aliphatic carbocycles. The van der Waals surface area contributed by atoms with Crippen LogP contribution in [0.2, 0.25) is 0 Å². The first-order valence-electron chi connectivity index (χ1n) is 6.74. The van der Waals surface area contributed by atoms with Crippen molar-refractivity contribution in [2.24, 2.45) is 5.73 Å². The summed E-state index contributed by atoms with van der Waals surface area (Å²) >= 11 is 0. The Morgan fingerprint density at radius 1 is 0.950 bits per heavy atom. The summed E-state index contributed by atoms with van der Waals surface area (Å²) in [5.41, 5.74) is 8.41. The van der Waals surface area contributed by atoms with Gasteiger partial charge in [0.25, 0.3) is 0 Å². The first-order chi connectivity index (χ1) is 9.40. The van der Waals surface area contributed by atoms with Crippen LogP contribution in [0.25, 0.3) is 0 Å². The van der Waals surface area contributed by atoms with Gasteiger partial charge in [0.1, 0.15) is 11.6 Å². The van der Waals surface area contributed by atoms with Crippen LogP contribution < -0.4 is 5.73 Å². The van der Waals surface area contributed by atoms with E-state index in [-0.39, 0.29) is 0 Å². The molecule has 2 N–H and O–H groups in total. The van der Waals surface area contributed by atoms with E-state index >= 15 is 0 Å². The fourth-order valence-electron chi connectivity index (χ4n) is 2.36. The molecule has 1 unspecified atom stereocenters. The molecular weight excluding hydrogens is 256 g/mol. The number of hydrogen-bond donors (Lipinski definition) is 1. The zero-order chi connectivity index (χ0) is 14.8. The van der Waals surface area contributed by atoms with Crippen molar-refractivity contribution < 1.29 is 8.78 Å². The molecule has 2 aromatic rings. The predicted octanol–water partition coefficient (Wildman–Crippen LogP) is 3.94. The van der Waals surface area contributed by atoms with Crippen molar-refractivity contribution in [2.45, 2.75) is 32.2 Å². The zero-order valence-corrected chi connectivity index (χ0v) is 11.8. The fraction of sp³-hybridized carbons (Fsp3) is 0.294. The lowest BCUT2D eigenvalue weighted by Gasteiger charge is -2.25. The molecule has 0 saturated carbocycles. The number of rotatable bonds is 4. The van der Waals surface area contributed by atoms with Gasteiger partial charge in [-0.25, -0.2) is 8.78 Å². The Morgan fingerprint density at radius 2 is 1.50 bits per heavy atom. The highest BCUT2D eigenvalue weighted by Crippen LogP contribution is 2.24. The topological polar surface area (TPSA) is 26.0 Å². The summed E-state index contributed by atoms with van der Waals surface area (Å²) in [7, 11) is 0. The van der Waals surface area contributed by atoms with E-state index in [0.717, 1.165) is 18.1 Å². The van der Waals surface area contributed by atoms with Crippen LogP contribution >= 0.6 is 0 Å². The molecule has 0 amide bonds. The van der Waals surface area contributed by atoms with E-state index in [4.69, 9.17) is 5.73 Å². The van der Waals surface area contributed by atoms with Crippen LogP contribution in [0.3, 0.4) is 0 Å². The van der Waals surface area contributed by atoms with E-state index in [2.05, 4.69) is 6.92 Å². The standard InChI is InChI=1S/C17H19F2N/c1-3-12-4-6-14(7-5-12)17(2,20)11-13-8-15(18)10-16(19)9-13/h4-10H,3,11,20H2,1-2H3. The molecule has 0 spiro atoms. The second kappa shape index (κ2) is 5.71.